The van der Waals surface area contributed by atoms with Crippen LogP contribution >= 0.6 is 11.8 Å². The van der Waals surface area contributed by atoms with Crippen LogP contribution in [-0.2, 0) is 6.54 Å². The molecule has 7 heteroatoms. The molecule has 0 saturated carbocycles. The minimum Gasteiger partial charge on any atom is -0.493 e. The normalized spacial score (nSPS) is 16.8. The Morgan fingerprint density at radius 2 is 1.97 bits per heavy atom. The number of nitrogens with one attached hydrogen (secondary N) is 1. The molecule has 166 valence electrons. The molecular weight excluding hydrogens is 386 g/mol. The summed E-state index contributed by atoms with van der Waals surface area (Å²) in [5.41, 5.74) is 1.36. The van der Waals surface area contributed by atoms with Crippen LogP contribution in [0.4, 0.5) is 0 Å². The van der Waals surface area contributed by atoms with Gasteiger partial charge in [0.1, 0.15) is 12.7 Å². The van der Waals surface area contributed by atoms with E-state index in [4.69, 9.17) is 9.47 Å². The van der Waals surface area contributed by atoms with Gasteiger partial charge in [-0.15, -0.1) is 0 Å². The van der Waals surface area contributed by atoms with E-state index < -0.39 is 6.10 Å². The summed E-state index contributed by atoms with van der Waals surface area (Å²) < 4.78 is 11.4. The van der Waals surface area contributed by atoms with E-state index in [0.29, 0.717) is 18.0 Å². The molecule has 29 heavy (non-hydrogen) atoms. The fourth-order valence-electron chi connectivity index (χ4n) is 3.72. The van der Waals surface area contributed by atoms with Gasteiger partial charge >= 0.3 is 0 Å². The van der Waals surface area contributed by atoms with Crippen molar-refractivity contribution in [3.63, 3.8) is 0 Å². The highest BCUT2D eigenvalue weighted by molar-refractivity contribution is 7.99. The molecule has 6 nitrogen and oxygen atoms in total. The first-order valence-electron chi connectivity index (χ1n) is 10.4. The molecule has 1 aliphatic heterocycles. The summed E-state index contributed by atoms with van der Waals surface area (Å²) in [4.78, 5) is 4.52. The van der Waals surface area contributed by atoms with Crippen LogP contribution in [0, 0.1) is 5.41 Å². The van der Waals surface area contributed by atoms with Crippen molar-refractivity contribution in [3.8, 4) is 11.5 Å². The predicted molar refractivity (Wildman–Crippen MR) is 122 cm³/mol. The first kappa shape index (κ1) is 24.3. The maximum absolute atomic E-state index is 10.3. The largest absolute Gasteiger partial charge is 0.493 e. The van der Waals surface area contributed by atoms with Crippen molar-refractivity contribution in [2.75, 3.05) is 72.0 Å². The third-order valence-electron chi connectivity index (χ3n) is 4.91. The molecule has 1 unspecified atom stereocenters. The molecule has 1 heterocycles. The van der Waals surface area contributed by atoms with Gasteiger partial charge in [0.15, 0.2) is 11.5 Å². The van der Waals surface area contributed by atoms with Gasteiger partial charge in [0.25, 0.3) is 0 Å². The second-order valence-electron chi connectivity index (χ2n) is 8.87. The summed E-state index contributed by atoms with van der Waals surface area (Å²) in [5, 5.41) is 13.9. The molecular formula is C22H39N3O3S. The first-order chi connectivity index (χ1) is 13.8. The molecule has 1 fully saturated rings. The fourth-order valence-corrected chi connectivity index (χ4v) is 4.70. The first-order valence-corrected chi connectivity index (χ1v) is 11.6. The van der Waals surface area contributed by atoms with E-state index in [-0.39, 0.29) is 12.0 Å². The van der Waals surface area contributed by atoms with E-state index in [1.54, 1.807) is 7.11 Å². The van der Waals surface area contributed by atoms with E-state index in [9.17, 15) is 5.11 Å². The zero-order chi connectivity index (χ0) is 21.3. The fraction of sp³-hybridized carbons (Fsp3) is 0.727. The average molecular weight is 426 g/mol. The Hall–Kier alpha value is -0.990. The molecule has 0 aliphatic carbocycles. The Morgan fingerprint density at radius 3 is 2.62 bits per heavy atom. The number of aliphatic hydroxyl groups is 1. The number of β-amino-alcohol motifs (C(OH)–C–C–N with tert-alkyl or cyclic N) is 1. The van der Waals surface area contributed by atoms with Crippen LogP contribution < -0.4 is 14.8 Å². The molecule has 1 aromatic carbocycles. The lowest BCUT2D eigenvalue weighted by Gasteiger charge is -2.28. The molecule has 0 bridgehead atoms. The number of rotatable bonds is 12. The van der Waals surface area contributed by atoms with Gasteiger partial charge in [0.05, 0.1) is 7.11 Å². The highest BCUT2D eigenvalue weighted by Gasteiger charge is 2.19. The molecule has 1 aliphatic rings. The van der Waals surface area contributed by atoms with Crippen molar-refractivity contribution in [1.29, 1.82) is 0 Å². The van der Waals surface area contributed by atoms with E-state index in [1.165, 1.54) is 0 Å². The molecule has 1 aromatic rings. The van der Waals surface area contributed by atoms with Gasteiger partial charge in [-0.1, -0.05) is 19.9 Å². The maximum Gasteiger partial charge on any atom is 0.161 e. The van der Waals surface area contributed by atoms with E-state index in [2.05, 4.69) is 49.1 Å². The Kier molecular flexibility index (Phi) is 10.1. The van der Waals surface area contributed by atoms with Crippen LogP contribution in [0.1, 0.15) is 19.4 Å². The van der Waals surface area contributed by atoms with Gasteiger partial charge in [-0.05, 0) is 37.2 Å². The number of hydrogen-bond donors (Lipinski definition) is 2. The van der Waals surface area contributed by atoms with Crippen LogP contribution in [0.2, 0.25) is 0 Å². The molecule has 1 atom stereocenters. The van der Waals surface area contributed by atoms with Crippen LogP contribution in [0.5, 0.6) is 11.5 Å². The molecule has 0 amide bonds. The molecule has 2 rings (SSSR count). The van der Waals surface area contributed by atoms with Crippen molar-refractivity contribution < 1.29 is 14.6 Å². The topological polar surface area (TPSA) is 57.2 Å². The van der Waals surface area contributed by atoms with Crippen molar-refractivity contribution in [3.05, 3.63) is 23.8 Å². The molecule has 2 N–H and O–H groups in total. The van der Waals surface area contributed by atoms with Gasteiger partial charge in [-0.2, -0.15) is 11.8 Å². The standard InChI is InChI=1S/C22H39N3O3S/c1-22(2,17-24(3)4)16-23-13-18-6-7-20(21(12-18)27-5)28-15-19(26)14-25-8-10-29-11-9-25/h6-7,12,19,23,26H,8-11,13-17H2,1-5H3. The number of thioether (sulfide) groups is 1. The van der Waals surface area contributed by atoms with Crippen molar-refractivity contribution in [1.82, 2.24) is 15.1 Å². The summed E-state index contributed by atoms with van der Waals surface area (Å²) in [7, 11) is 5.86. The quantitative estimate of drug-likeness (QED) is 0.532. The van der Waals surface area contributed by atoms with Gasteiger partial charge in [-0.3, -0.25) is 4.90 Å². The highest BCUT2D eigenvalue weighted by atomic mass is 32.2. The summed E-state index contributed by atoms with van der Waals surface area (Å²) in [6.45, 7) is 10.3. The van der Waals surface area contributed by atoms with Crippen LogP contribution in [0.15, 0.2) is 18.2 Å². The van der Waals surface area contributed by atoms with Crippen LogP contribution in [-0.4, -0.2) is 93.1 Å². The summed E-state index contributed by atoms with van der Waals surface area (Å²) in [6.07, 6.45) is -0.497. The third kappa shape index (κ3) is 9.13. The lowest BCUT2D eigenvalue weighted by molar-refractivity contribution is 0.0705. The van der Waals surface area contributed by atoms with E-state index in [0.717, 1.165) is 49.8 Å². The van der Waals surface area contributed by atoms with Crippen LogP contribution in [0.3, 0.4) is 0 Å². The number of methoxy groups -OCH3 is 1. The number of ether oxygens (including phenoxy) is 2. The summed E-state index contributed by atoms with van der Waals surface area (Å²) in [5.74, 6) is 3.67. The van der Waals surface area contributed by atoms with Crippen molar-refractivity contribution in [2.45, 2.75) is 26.5 Å². The third-order valence-corrected chi connectivity index (χ3v) is 5.85. The number of nitrogens with zero attached hydrogens (tertiary/aromatic N) is 2. The Balaban J connectivity index is 1.81. The Bertz CT molecular complexity index is 607. The zero-order valence-electron chi connectivity index (χ0n) is 18.7. The summed E-state index contributed by atoms with van der Waals surface area (Å²) >= 11 is 1.97. The molecule has 0 radical (unpaired) electrons. The van der Waals surface area contributed by atoms with Crippen LogP contribution in [0.25, 0.3) is 0 Å². The summed E-state index contributed by atoms with van der Waals surface area (Å²) in [6, 6.07) is 6.00. The Morgan fingerprint density at radius 1 is 1.24 bits per heavy atom. The number of hydrogen-bond acceptors (Lipinski definition) is 7. The van der Waals surface area contributed by atoms with E-state index in [1.807, 2.05) is 23.9 Å². The van der Waals surface area contributed by atoms with Crippen molar-refractivity contribution in [2.24, 2.45) is 5.41 Å². The van der Waals surface area contributed by atoms with Crippen molar-refractivity contribution >= 4 is 11.8 Å². The van der Waals surface area contributed by atoms with Gasteiger partial charge < -0.3 is 24.8 Å². The second-order valence-corrected chi connectivity index (χ2v) is 10.1. The maximum atomic E-state index is 10.3. The second kappa shape index (κ2) is 12.0. The molecule has 1 saturated heterocycles. The van der Waals surface area contributed by atoms with Gasteiger partial charge in [0, 0.05) is 50.8 Å². The number of aliphatic hydroxyl groups excluding tert-OH is 1. The lowest BCUT2D eigenvalue weighted by atomic mass is 9.93. The Labute approximate surface area is 180 Å². The van der Waals surface area contributed by atoms with Gasteiger partial charge in [-0.25, -0.2) is 0 Å². The monoisotopic (exact) mass is 425 g/mol. The smallest absolute Gasteiger partial charge is 0.161 e. The molecule has 0 aromatic heterocycles. The lowest BCUT2D eigenvalue weighted by Crippen LogP contribution is -2.40. The predicted octanol–water partition coefficient (Wildman–Crippen LogP) is 2.16. The molecule has 0 spiro atoms. The van der Waals surface area contributed by atoms with E-state index >= 15 is 0 Å². The SMILES string of the molecule is COc1cc(CNCC(C)(C)CN(C)C)ccc1OCC(O)CN1CCSCC1. The highest BCUT2D eigenvalue weighted by Crippen LogP contribution is 2.28. The number of benzene rings is 1. The average Bonchev–Trinajstić information content (AvgIpc) is 2.66. The van der Waals surface area contributed by atoms with Gasteiger partial charge in [0.2, 0.25) is 0 Å². The minimum absolute atomic E-state index is 0.208. The zero-order valence-corrected chi connectivity index (χ0v) is 19.6. The minimum atomic E-state index is -0.497.